The SMILES string of the molecule is C=CCC(CCCC)Nc1ccccc1C(F)(F)F. The topological polar surface area (TPSA) is 12.0 Å². The van der Waals surface area contributed by atoms with Crippen LogP contribution < -0.4 is 5.32 Å². The minimum atomic E-state index is -4.33. The normalized spacial score (nSPS) is 13.1. The van der Waals surface area contributed by atoms with Crippen molar-refractivity contribution in [2.75, 3.05) is 5.32 Å². The highest BCUT2D eigenvalue weighted by Crippen LogP contribution is 2.35. The van der Waals surface area contributed by atoms with Crippen molar-refractivity contribution in [1.29, 1.82) is 0 Å². The number of alkyl halides is 3. The molecule has 1 N–H and O–H groups in total. The van der Waals surface area contributed by atoms with Gasteiger partial charge in [-0.2, -0.15) is 13.2 Å². The Kier molecular flexibility index (Phi) is 5.93. The van der Waals surface area contributed by atoms with Crippen molar-refractivity contribution in [3.8, 4) is 0 Å². The average Bonchev–Trinajstić information content (AvgIpc) is 2.35. The van der Waals surface area contributed by atoms with Crippen LogP contribution in [0.2, 0.25) is 0 Å². The highest BCUT2D eigenvalue weighted by molar-refractivity contribution is 5.53. The van der Waals surface area contributed by atoms with E-state index in [-0.39, 0.29) is 11.7 Å². The lowest BCUT2D eigenvalue weighted by Crippen LogP contribution is -2.21. The van der Waals surface area contributed by atoms with Crippen LogP contribution in [-0.4, -0.2) is 6.04 Å². The summed E-state index contributed by atoms with van der Waals surface area (Å²) in [6.07, 6.45) is 0.924. The Morgan fingerprint density at radius 1 is 1.32 bits per heavy atom. The Morgan fingerprint density at radius 2 is 2.00 bits per heavy atom. The van der Waals surface area contributed by atoms with Gasteiger partial charge in [0.05, 0.1) is 5.56 Å². The molecule has 0 radical (unpaired) electrons. The fraction of sp³-hybridized carbons (Fsp3) is 0.467. The van der Waals surface area contributed by atoms with Crippen molar-refractivity contribution in [2.24, 2.45) is 0 Å². The van der Waals surface area contributed by atoms with Crippen molar-refractivity contribution in [3.05, 3.63) is 42.5 Å². The molecule has 1 unspecified atom stereocenters. The minimum Gasteiger partial charge on any atom is -0.382 e. The molecule has 1 aromatic carbocycles. The lowest BCUT2D eigenvalue weighted by atomic mass is 10.0. The molecular formula is C15H20F3N. The fourth-order valence-electron chi connectivity index (χ4n) is 1.98. The molecule has 0 spiro atoms. The summed E-state index contributed by atoms with van der Waals surface area (Å²) < 4.78 is 38.6. The molecule has 0 heterocycles. The van der Waals surface area contributed by atoms with E-state index in [4.69, 9.17) is 0 Å². The van der Waals surface area contributed by atoms with Crippen LogP contribution in [0.3, 0.4) is 0 Å². The molecule has 0 amide bonds. The second-order valence-electron chi connectivity index (χ2n) is 4.55. The van der Waals surface area contributed by atoms with Crippen LogP contribution in [0, 0.1) is 0 Å². The molecule has 0 aromatic heterocycles. The minimum absolute atomic E-state index is 0.000880. The van der Waals surface area contributed by atoms with E-state index in [1.54, 1.807) is 12.1 Å². The van der Waals surface area contributed by atoms with Gasteiger partial charge >= 0.3 is 6.18 Å². The van der Waals surface area contributed by atoms with Crippen LogP contribution in [0.25, 0.3) is 0 Å². The van der Waals surface area contributed by atoms with Gasteiger partial charge in [-0.3, -0.25) is 0 Å². The lowest BCUT2D eigenvalue weighted by Gasteiger charge is -2.21. The summed E-state index contributed by atoms with van der Waals surface area (Å²) >= 11 is 0. The largest absolute Gasteiger partial charge is 0.418 e. The van der Waals surface area contributed by atoms with Crippen molar-refractivity contribution >= 4 is 5.69 Å². The van der Waals surface area contributed by atoms with Crippen LogP contribution in [0.1, 0.15) is 38.2 Å². The maximum absolute atomic E-state index is 12.9. The Labute approximate surface area is 112 Å². The molecule has 0 aliphatic heterocycles. The van der Waals surface area contributed by atoms with Gasteiger partial charge < -0.3 is 5.32 Å². The molecule has 0 aliphatic rings. The van der Waals surface area contributed by atoms with Gasteiger partial charge in [-0.1, -0.05) is 38.0 Å². The van der Waals surface area contributed by atoms with E-state index in [9.17, 15) is 13.2 Å². The van der Waals surface area contributed by atoms with E-state index in [0.29, 0.717) is 6.42 Å². The molecule has 1 atom stereocenters. The standard InChI is InChI=1S/C15H20F3N/c1-3-5-9-12(8-4-2)19-14-11-7-6-10-13(14)15(16,17)18/h4,6-7,10-12,19H,2-3,5,8-9H2,1H3. The number of rotatable bonds is 7. The molecule has 0 saturated heterocycles. The van der Waals surface area contributed by atoms with Crippen LogP contribution in [0.4, 0.5) is 18.9 Å². The third kappa shape index (κ3) is 4.97. The first-order valence-corrected chi connectivity index (χ1v) is 6.52. The van der Waals surface area contributed by atoms with Crippen LogP contribution in [0.5, 0.6) is 0 Å². The van der Waals surface area contributed by atoms with Crippen LogP contribution >= 0.6 is 0 Å². The third-order valence-corrected chi connectivity index (χ3v) is 2.95. The lowest BCUT2D eigenvalue weighted by molar-refractivity contribution is -0.137. The molecule has 106 valence electrons. The van der Waals surface area contributed by atoms with Gasteiger partial charge in [0.15, 0.2) is 0 Å². The zero-order valence-electron chi connectivity index (χ0n) is 11.1. The monoisotopic (exact) mass is 271 g/mol. The predicted molar refractivity (Wildman–Crippen MR) is 73.2 cm³/mol. The fourth-order valence-corrected chi connectivity index (χ4v) is 1.98. The van der Waals surface area contributed by atoms with E-state index in [2.05, 4.69) is 18.8 Å². The highest BCUT2D eigenvalue weighted by atomic mass is 19.4. The van der Waals surface area contributed by atoms with Gasteiger partial charge in [-0.05, 0) is 25.0 Å². The summed E-state index contributed by atoms with van der Waals surface area (Å²) in [5.74, 6) is 0. The number of hydrogen-bond acceptors (Lipinski definition) is 1. The Hall–Kier alpha value is -1.45. The molecule has 19 heavy (non-hydrogen) atoms. The number of benzene rings is 1. The molecule has 0 fully saturated rings. The zero-order chi connectivity index (χ0) is 14.3. The number of unbranched alkanes of at least 4 members (excludes halogenated alkanes) is 1. The first-order chi connectivity index (χ1) is 8.99. The van der Waals surface area contributed by atoms with Crippen molar-refractivity contribution in [1.82, 2.24) is 0 Å². The Morgan fingerprint density at radius 3 is 2.58 bits per heavy atom. The smallest absolute Gasteiger partial charge is 0.382 e. The predicted octanol–water partition coefficient (Wildman–Crippen LogP) is 5.25. The highest BCUT2D eigenvalue weighted by Gasteiger charge is 2.33. The number of anilines is 1. The second kappa shape index (κ2) is 7.22. The van der Waals surface area contributed by atoms with Gasteiger partial charge in [0.1, 0.15) is 0 Å². The summed E-state index contributed by atoms with van der Waals surface area (Å²) in [6, 6.07) is 5.60. The molecule has 0 aliphatic carbocycles. The number of hydrogen-bond donors (Lipinski definition) is 1. The third-order valence-electron chi connectivity index (χ3n) is 2.95. The van der Waals surface area contributed by atoms with E-state index < -0.39 is 11.7 Å². The van der Waals surface area contributed by atoms with Crippen molar-refractivity contribution in [3.63, 3.8) is 0 Å². The first-order valence-electron chi connectivity index (χ1n) is 6.52. The molecule has 0 bridgehead atoms. The van der Waals surface area contributed by atoms with Gasteiger partial charge in [-0.15, -0.1) is 6.58 Å². The summed E-state index contributed by atoms with van der Waals surface area (Å²) in [5.41, 5.74) is -0.460. The molecular weight excluding hydrogens is 251 g/mol. The average molecular weight is 271 g/mol. The molecule has 1 nitrogen and oxygen atoms in total. The molecule has 0 saturated carbocycles. The quantitative estimate of drug-likeness (QED) is 0.668. The molecule has 1 rings (SSSR count). The molecule has 4 heteroatoms. The summed E-state index contributed by atoms with van der Waals surface area (Å²) in [5, 5.41) is 3.00. The van der Waals surface area contributed by atoms with E-state index in [1.807, 2.05) is 0 Å². The zero-order valence-corrected chi connectivity index (χ0v) is 11.1. The second-order valence-corrected chi connectivity index (χ2v) is 4.55. The Balaban J connectivity index is 2.86. The van der Waals surface area contributed by atoms with E-state index >= 15 is 0 Å². The Bertz CT molecular complexity index is 399. The summed E-state index contributed by atoms with van der Waals surface area (Å²) in [4.78, 5) is 0. The van der Waals surface area contributed by atoms with E-state index in [0.717, 1.165) is 25.3 Å². The van der Waals surface area contributed by atoms with Crippen LogP contribution in [-0.2, 0) is 6.18 Å². The van der Waals surface area contributed by atoms with Crippen molar-refractivity contribution in [2.45, 2.75) is 44.8 Å². The molecule has 1 aromatic rings. The van der Waals surface area contributed by atoms with Gasteiger partial charge in [0.2, 0.25) is 0 Å². The summed E-state index contributed by atoms with van der Waals surface area (Å²) in [7, 11) is 0. The van der Waals surface area contributed by atoms with Crippen LogP contribution in [0.15, 0.2) is 36.9 Å². The number of para-hydroxylation sites is 1. The van der Waals surface area contributed by atoms with E-state index in [1.165, 1.54) is 12.1 Å². The van der Waals surface area contributed by atoms with Crippen molar-refractivity contribution < 1.29 is 13.2 Å². The maximum atomic E-state index is 12.9. The number of nitrogens with one attached hydrogen (secondary N) is 1. The maximum Gasteiger partial charge on any atom is 0.418 e. The first kappa shape index (κ1) is 15.6. The number of halogens is 3. The van der Waals surface area contributed by atoms with Gasteiger partial charge in [0, 0.05) is 11.7 Å². The summed E-state index contributed by atoms with van der Waals surface area (Å²) in [6.45, 7) is 5.72. The van der Waals surface area contributed by atoms with Gasteiger partial charge in [-0.25, -0.2) is 0 Å². The van der Waals surface area contributed by atoms with Gasteiger partial charge in [0.25, 0.3) is 0 Å².